The summed E-state index contributed by atoms with van der Waals surface area (Å²) in [6, 6.07) is 13.0. The van der Waals surface area contributed by atoms with Gasteiger partial charge < -0.3 is 13.9 Å². The van der Waals surface area contributed by atoms with E-state index in [0.29, 0.717) is 22.6 Å². The van der Waals surface area contributed by atoms with E-state index < -0.39 is 5.63 Å². The third-order valence-corrected chi connectivity index (χ3v) is 4.48. The van der Waals surface area contributed by atoms with Gasteiger partial charge in [-0.05, 0) is 34.7 Å². The summed E-state index contributed by atoms with van der Waals surface area (Å²) in [7, 11) is 3.11. The van der Waals surface area contributed by atoms with Gasteiger partial charge in [-0.3, -0.25) is 0 Å². The first-order valence-corrected chi connectivity index (χ1v) is 7.67. The van der Waals surface area contributed by atoms with Gasteiger partial charge in [-0.1, -0.05) is 30.3 Å². The van der Waals surface area contributed by atoms with Gasteiger partial charge >= 0.3 is 5.63 Å². The van der Waals surface area contributed by atoms with Gasteiger partial charge in [0, 0.05) is 10.9 Å². The number of benzene rings is 2. The summed E-state index contributed by atoms with van der Waals surface area (Å²) < 4.78 is 17.0. The summed E-state index contributed by atoms with van der Waals surface area (Å²) in [5.74, 6) is 1.65. The lowest BCUT2D eigenvalue weighted by atomic mass is 10.1. The second-order valence-corrected chi connectivity index (χ2v) is 5.73. The number of hydrogen-bond acceptors (Lipinski definition) is 4. The predicted octanol–water partition coefficient (Wildman–Crippen LogP) is 4.08. The quantitative estimate of drug-likeness (QED) is 0.613. The van der Waals surface area contributed by atoms with Crippen molar-refractivity contribution in [2.75, 3.05) is 14.2 Å². The Balaban J connectivity index is 2.36. The molecule has 22 heavy (non-hydrogen) atoms. The van der Waals surface area contributed by atoms with E-state index in [1.807, 2.05) is 30.3 Å². The zero-order valence-corrected chi connectivity index (χ0v) is 14.2. The molecule has 3 rings (SSSR count). The number of rotatable bonds is 3. The minimum atomic E-state index is -0.393. The first-order chi connectivity index (χ1) is 10.7. The van der Waals surface area contributed by atoms with Crippen molar-refractivity contribution < 1.29 is 13.9 Å². The van der Waals surface area contributed by atoms with Crippen molar-refractivity contribution in [2.45, 2.75) is 0 Å². The van der Waals surface area contributed by atoms with Gasteiger partial charge in [-0.2, -0.15) is 0 Å². The van der Waals surface area contributed by atoms with E-state index in [1.54, 1.807) is 19.2 Å². The van der Waals surface area contributed by atoms with E-state index >= 15 is 0 Å². The lowest BCUT2D eigenvalue weighted by molar-refractivity contribution is 0.355. The van der Waals surface area contributed by atoms with Crippen molar-refractivity contribution in [3.63, 3.8) is 0 Å². The van der Waals surface area contributed by atoms with Gasteiger partial charge in [-0.15, -0.1) is 0 Å². The van der Waals surface area contributed by atoms with E-state index in [9.17, 15) is 4.79 Å². The standard InChI is InChI=1S/C17H13IO4/c1-20-13-8-11-12(9-14(13)21-2)17(19)22-16(15(11)18)10-6-4-3-5-7-10/h3-9H,1-2H3. The third kappa shape index (κ3) is 2.45. The molecule has 0 bridgehead atoms. The van der Waals surface area contributed by atoms with E-state index in [0.717, 1.165) is 14.5 Å². The normalized spacial score (nSPS) is 10.7. The number of hydrogen-bond donors (Lipinski definition) is 0. The molecule has 0 fully saturated rings. The Morgan fingerprint density at radius 2 is 1.55 bits per heavy atom. The van der Waals surface area contributed by atoms with Crippen LogP contribution in [-0.4, -0.2) is 14.2 Å². The van der Waals surface area contributed by atoms with E-state index in [2.05, 4.69) is 22.6 Å². The molecule has 1 heterocycles. The molecule has 0 spiro atoms. The molecule has 5 heteroatoms. The third-order valence-electron chi connectivity index (χ3n) is 3.41. The summed E-state index contributed by atoms with van der Waals surface area (Å²) in [6.07, 6.45) is 0. The maximum Gasteiger partial charge on any atom is 0.344 e. The largest absolute Gasteiger partial charge is 0.493 e. The fourth-order valence-electron chi connectivity index (χ4n) is 2.32. The van der Waals surface area contributed by atoms with Crippen LogP contribution >= 0.6 is 22.6 Å². The maximum absolute atomic E-state index is 12.3. The fourth-order valence-corrected chi connectivity index (χ4v) is 3.19. The van der Waals surface area contributed by atoms with Gasteiger partial charge in [0.1, 0.15) is 0 Å². The Kier molecular flexibility index (Phi) is 4.06. The van der Waals surface area contributed by atoms with Gasteiger partial charge in [0.15, 0.2) is 17.3 Å². The molecule has 112 valence electrons. The van der Waals surface area contributed by atoms with Crippen LogP contribution in [0.25, 0.3) is 22.1 Å². The fraction of sp³-hybridized carbons (Fsp3) is 0.118. The minimum Gasteiger partial charge on any atom is -0.493 e. The van der Waals surface area contributed by atoms with Crippen molar-refractivity contribution in [3.8, 4) is 22.8 Å². The molecule has 2 aromatic carbocycles. The highest BCUT2D eigenvalue weighted by Gasteiger charge is 2.16. The molecule has 0 atom stereocenters. The zero-order chi connectivity index (χ0) is 15.7. The van der Waals surface area contributed by atoms with Crippen LogP contribution in [0.1, 0.15) is 0 Å². The monoisotopic (exact) mass is 408 g/mol. The summed E-state index contributed by atoms with van der Waals surface area (Å²) in [6.45, 7) is 0. The average molecular weight is 408 g/mol. The molecule has 1 aromatic heterocycles. The Labute approximate surface area is 140 Å². The molecule has 0 aliphatic carbocycles. The van der Waals surface area contributed by atoms with Crippen LogP contribution in [0.4, 0.5) is 0 Å². The van der Waals surface area contributed by atoms with E-state index in [4.69, 9.17) is 13.9 Å². The molecule has 0 aliphatic rings. The summed E-state index contributed by atoms with van der Waals surface area (Å²) >= 11 is 2.19. The molecular weight excluding hydrogens is 395 g/mol. The first-order valence-electron chi connectivity index (χ1n) is 6.59. The van der Waals surface area contributed by atoms with Gasteiger partial charge in [-0.25, -0.2) is 4.79 Å². The highest BCUT2D eigenvalue weighted by Crippen LogP contribution is 2.36. The lowest BCUT2D eigenvalue weighted by Crippen LogP contribution is -2.04. The van der Waals surface area contributed by atoms with Crippen LogP contribution in [0.3, 0.4) is 0 Å². The SMILES string of the molecule is COc1cc2c(I)c(-c3ccccc3)oc(=O)c2cc1OC. The van der Waals surface area contributed by atoms with Gasteiger partial charge in [0.25, 0.3) is 0 Å². The predicted molar refractivity (Wildman–Crippen MR) is 93.7 cm³/mol. The number of fused-ring (bicyclic) bond motifs is 1. The highest BCUT2D eigenvalue weighted by molar-refractivity contribution is 14.1. The van der Waals surface area contributed by atoms with Crippen molar-refractivity contribution >= 4 is 33.4 Å². The van der Waals surface area contributed by atoms with Crippen molar-refractivity contribution in [3.05, 3.63) is 56.5 Å². The van der Waals surface area contributed by atoms with Crippen molar-refractivity contribution in [1.29, 1.82) is 0 Å². The molecule has 0 radical (unpaired) electrons. The molecule has 0 unspecified atom stereocenters. The van der Waals surface area contributed by atoms with E-state index in [-0.39, 0.29) is 0 Å². The van der Waals surface area contributed by atoms with E-state index in [1.165, 1.54) is 7.11 Å². The van der Waals surface area contributed by atoms with Crippen LogP contribution in [0.5, 0.6) is 11.5 Å². The summed E-state index contributed by atoms with van der Waals surface area (Å²) in [5.41, 5.74) is 0.468. The Bertz CT molecular complexity index is 885. The number of ether oxygens (including phenoxy) is 2. The molecule has 0 saturated heterocycles. The Morgan fingerprint density at radius 1 is 0.955 bits per heavy atom. The second kappa shape index (κ2) is 6.00. The topological polar surface area (TPSA) is 48.7 Å². The van der Waals surface area contributed by atoms with Gasteiger partial charge in [0.2, 0.25) is 0 Å². The molecule has 0 aliphatic heterocycles. The highest BCUT2D eigenvalue weighted by atomic mass is 127. The molecule has 4 nitrogen and oxygen atoms in total. The van der Waals surface area contributed by atoms with Crippen molar-refractivity contribution in [1.82, 2.24) is 0 Å². The first kappa shape index (κ1) is 14.9. The van der Waals surface area contributed by atoms with Crippen LogP contribution in [0, 0.1) is 3.57 Å². The van der Waals surface area contributed by atoms with Crippen LogP contribution < -0.4 is 15.1 Å². The zero-order valence-electron chi connectivity index (χ0n) is 12.1. The minimum absolute atomic E-state index is 0.393. The lowest BCUT2D eigenvalue weighted by Gasteiger charge is -2.11. The average Bonchev–Trinajstić information content (AvgIpc) is 2.57. The molecule has 0 saturated carbocycles. The molecule has 0 amide bonds. The smallest absolute Gasteiger partial charge is 0.344 e. The molecular formula is C17H13IO4. The van der Waals surface area contributed by atoms with Gasteiger partial charge in [0.05, 0.1) is 23.2 Å². The maximum atomic E-state index is 12.3. The Morgan fingerprint density at radius 3 is 2.14 bits per heavy atom. The number of methoxy groups -OCH3 is 2. The summed E-state index contributed by atoms with van der Waals surface area (Å²) in [4.78, 5) is 12.3. The van der Waals surface area contributed by atoms with Crippen LogP contribution in [0.15, 0.2) is 51.7 Å². The van der Waals surface area contributed by atoms with Crippen LogP contribution in [0.2, 0.25) is 0 Å². The molecule has 0 N–H and O–H groups in total. The summed E-state index contributed by atoms with van der Waals surface area (Å²) in [5, 5.41) is 1.26. The van der Waals surface area contributed by atoms with Crippen LogP contribution in [-0.2, 0) is 0 Å². The number of halogens is 1. The second-order valence-electron chi connectivity index (χ2n) is 4.65. The van der Waals surface area contributed by atoms with Crippen molar-refractivity contribution in [2.24, 2.45) is 0 Å². The Hall–Kier alpha value is -2.02. The molecule has 3 aromatic rings.